The Balaban J connectivity index is 1.91. The van der Waals surface area contributed by atoms with Crippen LogP contribution in [0.4, 0.5) is 0 Å². The fourth-order valence-corrected chi connectivity index (χ4v) is 2.53. The van der Waals surface area contributed by atoms with E-state index in [-0.39, 0.29) is 11.9 Å². The number of nitrogens with one attached hydrogen (secondary N) is 1. The number of carbonyl (C=O) groups is 1. The molecule has 2 rings (SSSR count). The first-order valence-electron chi connectivity index (χ1n) is 7.83. The molecule has 0 aromatic heterocycles. The number of methoxy groups -OCH3 is 1. The van der Waals surface area contributed by atoms with Crippen molar-refractivity contribution in [3.05, 3.63) is 65.7 Å². The van der Waals surface area contributed by atoms with Crippen LogP contribution in [0.25, 0.3) is 0 Å². The number of benzene rings is 2. The van der Waals surface area contributed by atoms with Crippen LogP contribution in [0.1, 0.15) is 30.5 Å². The molecule has 0 aliphatic rings. The summed E-state index contributed by atoms with van der Waals surface area (Å²) in [5, 5.41) is 3.33. The molecule has 2 atom stereocenters. The Labute approximate surface area is 137 Å². The van der Waals surface area contributed by atoms with Gasteiger partial charge in [-0.3, -0.25) is 10.1 Å². The fourth-order valence-electron chi connectivity index (χ4n) is 2.53. The molecule has 4 nitrogen and oxygen atoms in total. The summed E-state index contributed by atoms with van der Waals surface area (Å²) in [5.74, 6) is 0.505. The van der Waals surface area contributed by atoms with Crippen molar-refractivity contribution in [3.63, 3.8) is 0 Å². The summed E-state index contributed by atoms with van der Waals surface area (Å²) < 4.78 is 5.16. The van der Waals surface area contributed by atoms with Gasteiger partial charge in [-0.05, 0) is 43.0 Å². The molecule has 122 valence electrons. The zero-order valence-corrected chi connectivity index (χ0v) is 13.7. The normalized spacial score (nSPS) is 13.3. The molecule has 0 unspecified atom stereocenters. The van der Waals surface area contributed by atoms with Crippen molar-refractivity contribution in [1.29, 1.82) is 0 Å². The van der Waals surface area contributed by atoms with Crippen LogP contribution in [-0.4, -0.2) is 19.1 Å². The number of rotatable bonds is 8. The molecule has 0 saturated heterocycles. The minimum absolute atomic E-state index is 0.176. The van der Waals surface area contributed by atoms with Crippen molar-refractivity contribution < 1.29 is 9.53 Å². The average molecular weight is 312 g/mol. The van der Waals surface area contributed by atoms with Crippen molar-refractivity contribution in [2.75, 3.05) is 7.11 Å². The lowest BCUT2D eigenvalue weighted by atomic mass is 10.0. The minimum Gasteiger partial charge on any atom is -0.497 e. The van der Waals surface area contributed by atoms with E-state index < -0.39 is 6.04 Å². The van der Waals surface area contributed by atoms with Gasteiger partial charge >= 0.3 is 0 Å². The Bertz CT molecular complexity index is 611. The van der Waals surface area contributed by atoms with Gasteiger partial charge in [-0.1, -0.05) is 42.5 Å². The van der Waals surface area contributed by atoms with E-state index >= 15 is 0 Å². The van der Waals surface area contributed by atoms with E-state index in [2.05, 4.69) is 24.4 Å². The van der Waals surface area contributed by atoms with Crippen molar-refractivity contribution in [2.24, 2.45) is 5.73 Å². The first-order chi connectivity index (χ1) is 11.1. The zero-order valence-electron chi connectivity index (χ0n) is 13.7. The fraction of sp³-hybridized carbons (Fsp3) is 0.316. The van der Waals surface area contributed by atoms with E-state index in [9.17, 15) is 4.79 Å². The molecule has 0 spiro atoms. The monoisotopic (exact) mass is 312 g/mol. The van der Waals surface area contributed by atoms with E-state index in [1.54, 1.807) is 7.11 Å². The van der Waals surface area contributed by atoms with Gasteiger partial charge < -0.3 is 10.5 Å². The summed E-state index contributed by atoms with van der Waals surface area (Å²) in [6.45, 7) is 2.07. The van der Waals surface area contributed by atoms with Gasteiger partial charge in [0.1, 0.15) is 11.8 Å². The van der Waals surface area contributed by atoms with Gasteiger partial charge in [0.2, 0.25) is 5.91 Å². The number of nitrogens with two attached hydrogens (primary N) is 1. The van der Waals surface area contributed by atoms with Crippen molar-refractivity contribution in [3.8, 4) is 5.75 Å². The maximum atomic E-state index is 11.7. The molecule has 4 heteroatoms. The van der Waals surface area contributed by atoms with Crippen LogP contribution in [0.5, 0.6) is 5.75 Å². The molecular weight excluding hydrogens is 288 g/mol. The highest BCUT2D eigenvalue weighted by atomic mass is 16.5. The molecule has 1 amide bonds. The third-order valence-electron chi connectivity index (χ3n) is 3.89. The molecular formula is C19H24N2O2. The van der Waals surface area contributed by atoms with E-state index in [1.807, 2.05) is 42.5 Å². The summed E-state index contributed by atoms with van der Waals surface area (Å²) in [6, 6.07) is 17.3. The molecule has 0 bridgehead atoms. The number of hydrogen-bond donors (Lipinski definition) is 2. The SMILES string of the molecule is COc1ccc(CC[C@H](C)N[C@@H](C(N)=O)c2ccccc2)cc1. The van der Waals surface area contributed by atoms with Gasteiger partial charge in [0.05, 0.1) is 7.11 Å². The van der Waals surface area contributed by atoms with Gasteiger partial charge in [0.15, 0.2) is 0 Å². The largest absolute Gasteiger partial charge is 0.497 e. The second-order valence-electron chi connectivity index (χ2n) is 5.70. The number of carbonyl (C=O) groups excluding carboxylic acids is 1. The lowest BCUT2D eigenvalue weighted by Gasteiger charge is -2.21. The average Bonchev–Trinajstić information content (AvgIpc) is 2.58. The van der Waals surface area contributed by atoms with Gasteiger partial charge in [0, 0.05) is 6.04 Å². The van der Waals surface area contributed by atoms with Crippen LogP contribution in [0.3, 0.4) is 0 Å². The first-order valence-corrected chi connectivity index (χ1v) is 7.83. The van der Waals surface area contributed by atoms with Crippen LogP contribution >= 0.6 is 0 Å². The predicted molar refractivity (Wildman–Crippen MR) is 92.3 cm³/mol. The Morgan fingerprint density at radius 2 is 1.78 bits per heavy atom. The molecule has 3 N–H and O–H groups in total. The topological polar surface area (TPSA) is 64.3 Å². The summed E-state index contributed by atoms with van der Waals surface area (Å²) in [6.07, 6.45) is 1.85. The van der Waals surface area contributed by atoms with Crippen LogP contribution < -0.4 is 15.8 Å². The van der Waals surface area contributed by atoms with E-state index in [0.717, 1.165) is 24.2 Å². The predicted octanol–water partition coefficient (Wildman–Crippen LogP) is 2.83. The van der Waals surface area contributed by atoms with E-state index in [0.29, 0.717) is 0 Å². The Kier molecular flexibility index (Phi) is 6.18. The Hall–Kier alpha value is -2.33. The van der Waals surface area contributed by atoms with Crippen LogP contribution in [-0.2, 0) is 11.2 Å². The number of aryl methyl sites for hydroxylation is 1. The highest BCUT2D eigenvalue weighted by molar-refractivity contribution is 5.81. The van der Waals surface area contributed by atoms with E-state index in [4.69, 9.17) is 10.5 Å². The first kappa shape index (κ1) is 17.0. The molecule has 2 aromatic rings. The van der Waals surface area contributed by atoms with Gasteiger partial charge in [0.25, 0.3) is 0 Å². The van der Waals surface area contributed by atoms with Crippen LogP contribution in [0.15, 0.2) is 54.6 Å². The quantitative estimate of drug-likeness (QED) is 0.788. The maximum absolute atomic E-state index is 11.7. The van der Waals surface area contributed by atoms with E-state index in [1.165, 1.54) is 5.56 Å². The molecule has 0 aliphatic heterocycles. The minimum atomic E-state index is -0.456. The van der Waals surface area contributed by atoms with Gasteiger partial charge in [-0.2, -0.15) is 0 Å². The van der Waals surface area contributed by atoms with Crippen LogP contribution in [0.2, 0.25) is 0 Å². The molecule has 0 fully saturated rings. The lowest BCUT2D eigenvalue weighted by molar-refractivity contribution is -0.120. The zero-order chi connectivity index (χ0) is 16.7. The summed E-state index contributed by atoms with van der Waals surface area (Å²) in [4.78, 5) is 11.7. The number of hydrogen-bond acceptors (Lipinski definition) is 3. The molecule has 23 heavy (non-hydrogen) atoms. The molecule has 0 aliphatic carbocycles. The number of ether oxygens (including phenoxy) is 1. The molecule has 0 heterocycles. The van der Waals surface area contributed by atoms with Crippen molar-refractivity contribution in [2.45, 2.75) is 31.8 Å². The number of primary amides is 1. The lowest BCUT2D eigenvalue weighted by Crippen LogP contribution is -2.38. The maximum Gasteiger partial charge on any atom is 0.239 e. The Morgan fingerprint density at radius 1 is 1.13 bits per heavy atom. The highest BCUT2D eigenvalue weighted by Gasteiger charge is 2.19. The third-order valence-corrected chi connectivity index (χ3v) is 3.89. The van der Waals surface area contributed by atoms with Crippen molar-refractivity contribution >= 4 is 5.91 Å². The second-order valence-corrected chi connectivity index (χ2v) is 5.70. The molecule has 0 saturated carbocycles. The Morgan fingerprint density at radius 3 is 2.35 bits per heavy atom. The second kappa shape index (κ2) is 8.34. The van der Waals surface area contributed by atoms with Crippen molar-refractivity contribution in [1.82, 2.24) is 5.32 Å². The van der Waals surface area contributed by atoms with Gasteiger partial charge in [-0.25, -0.2) is 0 Å². The summed E-state index contributed by atoms with van der Waals surface area (Å²) in [5.41, 5.74) is 7.69. The smallest absolute Gasteiger partial charge is 0.239 e. The molecule has 2 aromatic carbocycles. The third kappa shape index (κ3) is 5.11. The standard InChI is InChI=1S/C19H24N2O2/c1-14(8-9-15-10-12-17(23-2)13-11-15)21-18(19(20)22)16-6-4-3-5-7-16/h3-7,10-14,18,21H,8-9H2,1-2H3,(H2,20,22)/t14-,18+/m0/s1. The van der Waals surface area contributed by atoms with Gasteiger partial charge in [-0.15, -0.1) is 0 Å². The highest BCUT2D eigenvalue weighted by Crippen LogP contribution is 2.16. The number of amides is 1. The summed E-state index contributed by atoms with van der Waals surface area (Å²) in [7, 11) is 1.66. The molecule has 0 radical (unpaired) electrons. The summed E-state index contributed by atoms with van der Waals surface area (Å²) >= 11 is 0. The van der Waals surface area contributed by atoms with Crippen LogP contribution in [0, 0.1) is 0 Å².